The molecule has 1 N–H and O–H groups in total. The summed E-state index contributed by atoms with van der Waals surface area (Å²) in [6.45, 7) is 5.38. The van der Waals surface area contributed by atoms with Gasteiger partial charge in [-0.2, -0.15) is 5.10 Å². The Morgan fingerprint density at radius 2 is 2.50 bits per heavy atom. The molecule has 1 aliphatic rings. The van der Waals surface area contributed by atoms with E-state index in [1.807, 2.05) is 17.7 Å². The van der Waals surface area contributed by atoms with E-state index in [1.165, 1.54) is 0 Å². The second-order valence-corrected chi connectivity index (χ2v) is 4.09. The zero-order chi connectivity index (χ0) is 11.5. The van der Waals surface area contributed by atoms with Crippen molar-refractivity contribution in [1.82, 2.24) is 20.0 Å². The van der Waals surface area contributed by atoms with E-state index in [9.17, 15) is 4.79 Å². The van der Waals surface area contributed by atoms with Gasteiger partial charge in [0.1, 0.15) is 0 Å². The highest BCUT2D eigenvalue weighted by Gasteiger charge is 2.17. The summed E-state index contributed by atoms with van der Waals surface area (Å²) in [7, 11) is 1.80. The Labute approximate surface area is 95.4 Å². The van der Waals surface area contributed by atoms with Gasteiger partial charge >= 0.3 is 0 Å². The third-order valence-electron chi connectivity index (χ3n) is 2.93. The average Bonchev–Trinajstić information content (AvgIpc) is 2.58. The third kappa shape index (κ3) is 2.09. The summed E-state index contributed by atoms with van der Waals surface area (Å²) < 4.78 is 1.94. The average molecular weight is 222 g/mol. The molecule has 0 saturated heterocycles. The first-order valence-electron chi connectivity index (χ1n) is 5.75. The zero-order valence-electron chi connectivity index (χ0n) is 9.86. The lowest BCUT2D eigenvalue weighted by Crippen LogP contribution is -2.26. The van der Waals surface area contributed by atoms with Crippen LogP contribution in [0.5, 0.6) is 0 Å². The molecule has 2 heterocycles. The molecule has 0 aliphatic carbocycles. The van der Waals surface area contributed by atoms with Crippen LogP contribution in [0, 0.1) is 0 Å². The maximum atomic E-state index is 11.9. The Hall–Kier alpha value is -1.36. The van der Waals surface area contributed by atoms with Crippen molar-refractivity contribution in [1.29, 1.82) is 0 Å². The van der Waals surface area contributed by atoms with Crippen molar-refractivity contribution in [2.45, 2.75) is 26.4 Å². The van der Waals surface area contributed by atoms with Crippen LogP contribution >= 0.6 is 0 Å². The van der Waals surface area contributed by atoms with Crippen LogP contribution in [0.1, 0.15) is 29.5 Å². The van der Waals surface area contributed by atoms with Crippen LogP contribution in [0.25, 0.3) is 0 Å². The summed E-state index contributed by atoms with van der Waals surface area (Å²) in [6, 6.07) is 1.90. The van der Waals surface area contributed by atoms with Gasteiger partial charge in [0.05, 0.1) is 5.69 Å². The largest absolute Gasteiger partial charge is 0.341 e. The first-order chi connectivity index (χ1) is 7.72. The highest BCUT2D eigenvalue weighted by atomic mass is 16.2. The fourth-order valence-electron chi connectivity index (χ4n) is 1.81. The van der Waals surface area contributed by atoms with E-state index in [1.54, 1.807) is 11.9 Å². The zero-order valence-corrected chi connectivity index (χ0v) is 9.86. The van der Waals surface area contributed by atoms with E-state index in [4.69, 9.17) is 0 Å². The number of aryl methyl sites for hydroxylation is 1. The smallest absolute Gasteiger partial charge is 0.274 e. The molecule has 1 aromatic heterocycles. The third-order valence-corrected chi connectivity index (χ3v) is 2.93. The molecule has 1 aromatic rings. The maximum absolute atomic E-state index is 11.9. The van der Waals surface area contributed by atoms with Crippen molar-refractivity contribution in [3.05, 3.63) is 17.5 Å². The normalized spacial score (nSPS) is 15.4. The van der Waals surface area contributed by atoms with Crippen LogP contribution in [0.4, 0.5) is 0 Å². The number of nitrogens with zero attached hydrogens (tertiary/aromatic N) is 3. The van der Waals surface area contributed by atoms with Crippen molar-refractivity contribution in [2.24, 2.45) is 0 Å². The number of hydrogen-bond acceptors (Lipinski definition) is 3. The molecule has 88 valence electrons. The molecule has 0 radical (unpaired) electrons. The molecule has 0 bridgehead atoms. The Morgan fingerprint density at radius 1 is 1.69 bits per heavy atom. The van der Waals surface area contributed by atoms with Crippen LogP contribution in [0.2, 0.25) is 0 Å². The lowest BCUT2D eigenvalue weighted by molar-refractivity contribution is 0.0795. The van der Waals surface area contributed by atoms with Gasteiger partial charge in [-0.05, 0) is 26.0 Å². The molecular weight excluding hydrogens is 204 g/mol. The SMILES string of the molecule is CCN(C)C(=O)c1cc2n(n1)CCCNC2. The van der Waals surface area contributed by atoms with Gasteiger partial charge in [0, 0.05) is 26.7 Å². The number of amides is 1. The number of rotatable bonds is 2. The van der Waals surface area contributed by atoms with Crippen molar-refractivity contribution < 1.29 is 4.79 Å². The van der Waals surface area contributed by atoms with Crippen LogP contribution in [-0.2, 0) is 13.1 Å². The van der Waals surface area contributed by atoms with Gasteiger partial charge in [-0.15, -0.1) is 0 Å². The molecule has 2 rings (SSSR count). The van der Waals surface area contributed by atoms with E-state index in [2.05, 4.69) is 10.4 Å². The highest BCUT2D eigenvalue weighted by molar-refractivity contribution is 5.92. The quantitative estimate of drug-likeness (QED) is 0.791. The van der Waals surface area contributed by atoms with Gasteiger partial charge in [-0.3, -0.25) is 9.48 Å². The molecule has 5 heteroatoms. The molecule has 0 aromatic carbocycles. The second-order valence-electron chi connectivity index (χ2n) is 4.09. The first kappa shape index (κ1) is 11.1. The Balaban J connectivity index is 2.21. The van der Waals surface area contributed by atoms with Gasteiger partial charge in [0.15, 0.2) is 5.69 Å². The molecule has 1 aliphatic heterocycles. The number of carbonyl (C=O) groups excluding carboxylic acids is 1. The summed E-state index contributed by atoms with van der Waals surface area (Å²) in [5.74, 6) is 0.00285. The van der Waals surface area contributed by atoms with Crippen LogP contribution in [0.3, 0.4) is 0 Å². The van der Waals surface area contributed by atoms with E-state index in [-0.39, 0.29) is 5.91 Å². The van der Waals surface area contributed by atoms with Crippen molar-refractivity contribution in [2.75, 3.05) is 20.1 Å². The topological polar surface area (TPSA) is 50.2 Å². The lowest BCUT2D eigenvalue weighted by Gasteiger charge is -2.11. The molecular formula is C11H18N4O. The second kappa shape index (κ2) is 4.65. The Kier molecular flexibility index (Phi) is 3.24. The van der Waals surface area contributed by atoms with Crippen LogP contribution in [-0.4, -0.2) is 40.7 Å². The summed E-state index contributed by atoms with van der Waals surface area (Å²) in [6.07, 6.45) is 1.06. The van der Waals surface area contributed by atoms with E-state index < -0.39 is 0 Å². The Morgan fingerprint density at radius 3 is 3.25 bits per heavy atom. The van der Waals surface area contributed by atoms with Crippen LogP contribution in [0.15, 0.2) is 6.07 Å². The van der Waals surface area contributed by atoms with Gasteiger partial charge in [0.25, 0.3) is 5.91 Å². The molecule has 0 fully saturated rings. The van der Waals surface area contributed by atoms with Crippen molar-refractivity contribution in [3.8, 4) is 0 Å². The summed E-state index contributed by atoms with van der Waals surface area (Å²) in [5.41, 5.74) is 1.66. The predicted molar refractivity (Wildman–Crippen MR) is 61.2 cm³/mol. The molecule has 16 heavy (non-hydrogen) atoms. The fourth-order valence-corrected chi connectivity index (χ4v) is 1.81. The van der Waals surface area contributed by atoms with Gasteiger partial charge in [-0.25, -0.2) is 0 Å². The maximum Gasteiger partial charge on any atom is 0.274 e. The minimum Gasteiger partial charge on any atom is -0.341 e. The highest BCUT2D eigenvalue weighted by Crippen LogP contribution is 2.09. The number of aromatic nitrogens is 2. The van der Waals surface area contributed by atoms with Crippen molar-refractivity contribution in [3.63, 3.8) is 0 Å². The molecule has 5 nitrogen and oxygen atoms in total. The van der Waals surface area contributed by atoms with Gasteiger partial charge < -0.3 is 10.2 Å². The minimum absolute atomic E-state index is 0.00285. The molecule has 1 amide bonds. The predicted octanol–water partition coefficient (Wildman–Crippen LogP) is 0.468. The number of hydrogen-bond donors (Lipinski definition) is 1. The monoisotopic (exact) mass is 222 g/mol. The lowest BCUT2D eigenvalue weighted by atomic mass is 10.3. The molecule has 0 spiro atoms. The summed E-state index contributed by atoms with van der Waals surface area (Å²) in [4.78, 5) is 13.6. The van der Waals surface area contributed by atoms with Gasteiger partial charge in [-0.1, -0.05) is 0 Å². The molecule has 0 saturated carbocycles. The molecule has 0 atom stereocenters. The van der Waals surface area contributed by atoms with Crippen molar-refractivity contribution >= 4 is 5.91 Å². The van der Waals surface area contributed by atoms with E-state index in [0.29, 0.717) is 12.2 Å². The standard InChI is InChI=1S/C11H18N4O/c1-3-14(2)11(16)10-7-9-8-12-5-4-6-15(9)13-10/h7,12H,3-6,8H2,1-2H3. The number of fused-ring (bicyclic) bond motifs is 1. The summed E-state index contributed by atoms with van der Waals surface area (Å²) >= 11 is 0. The van der Waals surface area contributed by atoms with Crippen LogP contribution < -0.4 is 5.32 Å². The van der Waals surface area contributed by atoms with Gasteiger partial charge in [0.2, 0.25) is 0 Å². The Bertz CT molecular complexity index is 362. The fraction of sp³-hybridized carbons (Fsp3) is 0.636. The first-order valence-corrected chi connectivity index (χ1v) is 5.75. The number of nitrogens with one attached hydrogen (secondary N) is 1. The minimum atomic E-state index is 0.00285. The summed E-state index contributed by atoms with van der Waals surface area (Å²) in [5, 5.41) is 7.68. The number of carbonyl (C=O) groups is 1. The molecule has 0 unspecified atom stereocenters. The van der Waals surface area contributed by atoms with E-state index in [0.717, 1.165) is 31.7 Å². The van der Waals surface area contributed by atoms with E-state index >= 15 is 0 Å².